The van der Waals surface area contributed by atoms with Crippen LogP contribution in [0, 0.1) is 5.41 Å². The Bertz CT molecular complexity index is 595. The highest BCUT2D eigenvalue weighted by Gasteiger charge is 2.41. The highest BCUT2D eigenvalue weighted by molar-refractivity contribution is 5.77. The summed E-state index contributed by atoms with van der Waals surface area (Å²) in [6.07, 6.45) is 6.72. The fourth-order valence-corrected chi connectivity index (χ4v) is 4.31. The Kier molecular flexibility index (Phi) is 5.91. The molecule has 6 heteroatoms. The summed E-state index contributed by atoms with van der Waals surface area (Å²) < 4.78 is 5.14. The van der Waals surface area contributed by atoms with Crippen molar-refractivity contribution in [3.8, 4) is 0 Å². The molecule has 1 atom stereocenters. The van der Waals surface area contributed by atoms with Crippen LogP contribution in [0.25, 0.3) is 0 Å². The van der Waals surface area contributed by atoms with Gasteiger partial charge in [0.25, 0.3) is 0 Å². The minimum absolute atomic E-state index is 0.232. The molecule has 0 aromatic carbocycles. The molecule has 3 heterocycles. The number of rotatable bonds is 6. The van der Waals surface area contributed by atoms with Crippen LogP contribution in [0.15, 0.2) is 18.3 Å². The number of anilines is 1. The lowest BCUT2D eigenvalue weighted by Crippen LogP contribution is -2.54. The molecule has 2 aliphatic heterocycles. The van der Waals surface area contributed by atoms with Gasteiger partial charge in [-0.15, -0.1) is 0 Å². The Balaban J connectivity index is 1.63. The number of nitrogen functional groups attached to an aromatic ring is 1. The molecule has 3 rings (SSSR count). The average Bonchev–Trinajstić information content (AvgIpc) is 2.61. The monoisotopic (exact) mass is 346 g/mol. The second-order valence-corrected chi connectivity index (χ2v) is 7.52. The van der Waals surface area contributed by atoms with Gasteiger partial charge in [-0.25, -0.2) is 4.98 Å². The van der Waals surface area contributed by atoms with Crippen LogP contribution in [0.2, 0.25) is 0 Å². The average molecular weight is 346 g/mol. The normalized spacial score (nSPS) is 24.8. The van der Waals surface area contributed by atoms with E-state index in [2.05, 4.69) is 20.9 Å². The van der Waals surface area contributed by atoms with Gasteiger partial charge in [-0.3, -0.25) is 9.69 Å². The molecule has 0 aliphatic carbocycles. The smallest absolute Gasteiger partial charge is 0.222 e. The number of methoxy groups -OCH3 is 1. The van der Waals surface area contributed by atoms with Gasteiger partial charge in [0.15, 0.2) is 0 Å². The van der Waals surface area contributed by atoms with Crippen LogP contribution < -0.4 is 5.73 Å². The number of hydrogen-bond donors (Lipinski definition) is 1. The van der Waals surface area contributed by atoms with Crippen molar-refractivity contribution in [2.75, 3.05) is 45.6 Å². The molecule has 2 saturated heterocycles. The number of likely N-dealkylation sites (tertiary alicyclic amines) is 2. The van der Waals surface area contributed by atoms with Crippen molar-refractivity contribution in [1.29, 1.82) is 0 Å². The molecule has 2 N–H and O–H groups in total. The third-order valence-electron chi connectivity index (χ3n) is 5.59. The maximum atomic E-state index is 12.3. The van der Waals surface area contributed by atoms with E-state index in [9.17, 15) is 4.79 Å². The van der Waals surface area contributed by atoms with E-state index >= 15 is 0 Å². The highest BCUT2D eigenvalue weighted by atomic mass is 16.5. The van der Waals surface area contributed by atoms with Gasteiger partial charge in [-0.1, -0.05) is 6.07 Å². The van der Waals surface area contributed by atoms with E-state index in [1.807, 2.05) is 6.07 Å². The first-order valence-corrected chi connectivity index (χ1v) is 9.30. The van der Waals surface area contributed by atoms with Gasteiger partial charge < -0.3 is 15.4 Å². The second-order valence-electron chi connectivity index (χ2n) is 7.52. The Morgan fingerprint density at radius 1 is 1.36 bits per heavy atom. The van der Waals surface area contributed by atoms with Crippen molar-refractivity contribution in [2.24, 2.45) is 5.41 Å². The summed E-state index contributed by atoms with van der Waals surface area (Å²) in [6, 6.07) is 4.01. The van der Waals surface area contributed by atoms with E-state index in [1.165, 1.54) is 12.8 Å². The van der Waals surface area contributed by atoms with Crippen molar-refractivity contribution in [3.05, 3.63) is 23.9 Å². The van der Waals surface area contributed by atoms with E-state index in [-0.39, 0.29) is 5.41 Å². The van der Waals surface area contributed by atoms with Gasteiger partial charge >= 0.3 is 0 Å². The molecular formula is C19H30N4O2. The van der Waals surface area contributed by atoms with Crippen LogP contribution in [0.5, 0.6) is 0 Å². The summed E-state index contributed by atoms with van der Waals surface area (Å²) in [5, 5.41) is 0. The Labute approximate surface area is 150 Å². The molecule has 138 valence electrons. The van der Waals surface area contributed by atoms with Crippen LogP contribution >= 0.6 is 0 Å². The molecule has 2 aliphatic rings. The number of nitrogens with two attached hydrogens (primary N) is 1. The van der Waals surface area contributed by atoms with Gasteiger partial charge in [0.1, 0.15) is 5.82 Å². The van der Waals surface area contributed by atoms with Crippen LogP contribution in [0.3, 0.4) is 0 Å². The molecule has 1 aromatic rings. The number of ether oxygens (including phenoxy) is 1. The van der Waals surface area contributed by atoms with Gasteiger partial charge in [0.05, 0.1) is 0 Å². The summed E-state index contributed by atoms with van der Waals surface area (Å²) in [6.45, 7) is 5.38. The maximum Gasteiger partial charge on any atom is 0.222 e. The van der Waals surface area contributed by atoms with Crippen molar-refractivity contribution >= 4 is 11.7 Å². The van der Waals surface area contributed by atoms with Crippen LogP contribution in [0.4, 0.5) is 5.82 Å². The van der Waals surface area contributed by atoms with Crippen LogP contribution in [-0.4, -0.2) is 60.6 Å². The predicted octanol–water partition coefficient (Wildman–Crippen LogP) is 1.90. The molecule has 25 heavy (non-hydrogen) atoms. The number of aromatic nitrogens is 1. The summed E-state index contributed by atoms with van der Waals surface area (Å²) in [5.74, 6) is 0.928. The number of hydrogen-bond acceptors (Lipinski definition) is 5. The largest absolute Gasteiger partial charge is 0.385 e. The lowest BCUT2D eigenvalue weighted by molar-refractivity contribution is -0.139. The van der Waals surface area contributed by atoms with E-state index < -0.39 is 0 Å². The van der Waals surface area contributed by atoms with Crippen molar-refractivity contribution in [3.63, 3.8) is 0 Å². The lowest BCUT2D eigenvalue weighted by Gasteiger charge is -2.48. The van der Waals surface area contributed by atoms with Crippen LogP contribution in [0.1, 0.15) is 37.7 Å². The lowest BCUT2D eigenvalue weighted by atomic mass is 9.73. The first-order valence-electron chi connectivity index (χ1n) is 9.30. The fourth-order valence-electron chi connectivity index (χ4n) is 4.31. The van der Waals surface area contributed by atoms with Gasteiger partial charge in [-0.2, -0.15) is 0 Å². The van der Waals surface area contributed by atoms with Gasteiger partial charge in [0.2, 0.25) is 5.91 Å². The summed E-state index contributed by atoms with van der Waals surface area (Å²) in [7, 11) is 1.71. The van der Waals surface area contributed by atoms with Crippen molar-refractivity contribution in [1.82, 2.24) is 14.8 Å². The quantitative estimate of drug-likeness (QED) is 0.797. The predicted molar refractivity (Wildman–Crippen MR) is 97.9 cm³/mol. The molecular weight excluding hydrogens is 316 g/mol. The standard InChI is InChI=1S/C19H30N4O2/c1-25-12-4-11-23-15-19(8-6-17(23)24)7-3-10-22(14-19)13-16-5-2-9-21-18(16)20/h2,5,9H,3-4,6-8,10-15H2,1H3,(H2,20,21)/t19-/m0/s1. The highest BCUT2D eigenvalue weighted by Crippen LogP contribution is 2.39. The molecule has 0 unspecified atom stereocenters. The van der Waals surface area contributed by atoms with Gasteiger partial charge in [0, 0.05) is 63.5 Å². The van der Waals surface area contributed by atoms with E-state index in [1.54, 1.807) is 13.3 Å². The Hall–Kier alpha value is -1.66. The summed E-state index contributed by atoms with van der Waals surface area (Å²) >= 11 is 0. The molecule has 1 amide bonds. The van der Waals surface area contributed by atoms with E-state index in [4.69, 9.17) is 10.5 Å². The summed E-state index contributed by atoms with van der Waals surface area (Å²) in [4.78, 5) is 21.0. The molecule has 0 bridgehead atoms. The number of carbonyl (C=O) groups is 1. The third kappa shape index (κ3) is 4.50. The molecule has 0 radical (unpaired) electrons. The molecule has 1 spiro atoms. The molecule has 2 fully saturated rings. The molecule has 6 nitrogen and oxygen atoms in total. The summed E-state index contributed by atoms with van der Waals surface area (Å²) in [5.41, 5.74) is 7.35. The van der Waals surface area contributed by atoms with Crippen molar-refractivity contribution < 1.29 is 9.53 Å². The zero-order chi connectivity index (χ0) is 17.7. The first kappa shape index (κ1) is 18.1. The number of nitrogens with zero attached hydrogens (tertiary/aromatic N) is 3. The molecule has 1 aromatic heterocycles. The number of carbonyl (C=O) groups excluding carboxylic acids is 1. The number of amides is 1. The van der Waals surface area contributed by atoms with Crippen molar-refractivity contribution in [2.45, 2.75) is 38.6 Å². The molecule has 0 saturated carbocycles. The van der Waals surface area contributed by atoms with E-state index in [0.29, 0.717) is 24.8 Å². The second kappa shape index (κ2) is 8.15. The fraction of sp³-hybridized carbons (Fsp3) is 0.684. The first-order chi connectivity index (χ1) is 12.1. The number of piperidine rings is 2. The Morgan fingerprint density at radius 2 is 2.24 bits per heavy atom. The van der Waals surface area contributed by atoms with Crippen LogP contribution in [-0.2, 0) is 16.1 Å². The Morgan fingerprint density at radius 3 is 3.04 bits per heavy atom. The van der Waals surface area contributed by atoms with Gasteiger partial charge in [-0.05, 0) is 38.3 Å². The SMILES string of the molecule is COCCCN1C[C@@]2(CCCN(Cc3cccnc3N)C2)CCC1=O. The maximum absolute atomic E-state index is 12.3. The topological polar surface area (TPSA) is 71.7 Å². The third-order valence-corrected chi connectivity index (χ3v) is 5.59. The zero-order valence-electron chi connectivity index (χ0n) is 15.2. The number of pyridine rings is 1. The zero-order valence-corrected chi connectivity index (χ0v) is 15.2. The minimum atomic E-state index is 0.232. The van der Waals surface area contributed by atoms with E-state index in [0.717, 1.165) is 51.1 Å². The minimum Gasteiger partial charge on any atom is -0.385 e.